The molecule has 16 heavy (non-hydrogen) atoms. The maximum absolute atomic E-state index is 3.41. The highest BCUT2D eigenvalue weighted by atomic mass is 14.8. The molecule has 0 radical (unpaired) electrons. The molecule has 1 fully saturated rings. The van der Waals surface area contributed by atoms with E-state index < -0.39 is 0 Å². The molecule has 0 bridgehead atoms. The Balaban J connectivity index is 2.31. The van der Waals surface area contributed by atoms with Crippen molar-refractivity contribution in [2.45, 2.75) is 38.0 Å². The van der Waals surface area contributed by atoms with Crippen LogP contribution in [0.5, 0.6) is 0 Å². The molecular weight excluding hydrogens is 194 g/mol. The van der Waals surface area contributed by atoms with E-state index in [9.17, 15) is 0 Å². The minimum atomic E-state index is 0.369. The first-order valence-electron chi connectivity index (χ1n) is 6.53. The zero-order chi connectivity index (χ0) is 11.4. The third kappa shape index (κ3) is 1.89. The van der Waals surface area contributed by atoms with E-state index in [1.807, 2.05) is 0 Å². The molecule has 1 aromatic carbocycles. The van der Waals surface area contributed by atoms with Gasteiger partial charge in [0.25, 0.3) is 0 Å². The maximum Gasteiger partial charge on any atom is 0.0103 e. The summed E-state index contributed by atoms with van der Waals surface area (Å²) in [7, 11) is 2.08. The van der Waals surface area contributed by atoms with Gasteiger partial charge in [0, 0.05) is 12.0 Å². The molecule has 0 saturated heterocycles. The van der Waals surface area contributed by atoms with Crippen molar-refractivity contribution in [1.82, 2.24) is 5.32 Å². The molecule has 1 aliphatic carbocycles. The van der Waals surface area contributed by atoms with E-state index in [1.54, 1.807) is 0 Å². The second kappa shape index (κ2) is 5.01. The van der Waals surface area contributed by atoms with Crippen molar-refractivity contribution in [2.75, 3.05) is 13.6 Å². The molecule has 1 atom stereocenters. The van der Waals surface area contributed by atoms with Gasteiger partial charge in [-0.15, -0.1) is 0 Å². The zero-order valence-electron chi connectivity index (χ0n) is 10.5. The van der Waals surface area contributed by atoms with Crippen LogP contribution in [-0.2, 0) is 5.41 Å². The van der Waals surface area contributed by atoms with Gasteiger partial charge in [-0.1, -0.05) is 43.7 Å². The van der Waals surface area contributed by atoms with Gasteiger partial charge in [-0.05, 0) is 37.8 Å². The molecule has 0 aliphatic heterocycles. The Morgan fingerprint density at radius 3 is 2.38 bits per heavy atom. The fraction of sp³-hybridized carbons (Fsp3) is 0.600. The van der Waals surface area contributed by atoms with Crippen LogP contribution in [0.25, 0.3) is 0 Å². The molecule has 1 heteroatoms. The fourth-order valence-corrected chi connectivity index (χ4v) is 3.15. The van der Waals surface area contributed by atoms with Crippen molar-refractivity contribution in [3.8, 4) is 0 Å². The van der Waals surface area contributed by atoms with E-state index >= 15 is 0 Å². The minimum Gasteiger partial charge on any atom is -0.319 e. The molecule has 1 N–H and O–H groups in total. The lowest BCUT2D eigenvalue weighted by molar-refractivity contribution is 0.154. The number of benzene rings is 1. The highest BCUT2D eigenvalue weighted by molar-refractivity contribution is 5.28. The average molecular weight is 217 g/mol. The molecule has 1 aromatic rings. The molecular formula is C15H23N. The number of likely N-dealkylation sites (N-methyl/N-ethyl adjacent to an activating group) is 1. The topological polar surface area (TPSA) is 12.0 Å². The van der Waals surface area contributed by atoms with Gasteiger partial charge in [0.05, 0.1) is 0 Å². The van der Waals surface area contributed by atoms with Crippen LogP contribution in [0.4, 0.5) is 0 Å². The highest BCUT2D eigenvalue weighted by Gasteiger charge is 2.40. The molecule has 0 heterocycles. The molecule has 1 saturated carbocycles. The van der Waals surface area contributed by atoms with Gasteiger partial charge < -0.3 is 5.32 Å². The summed E-state index contributed by atoms with van der Waals surface area (Å²) in [6.07, 6.45) is 5.47. The third-order valence-electron chi connectivity index (χ3n) is 4.36. The van der Waals surface area contributed by atoms with Gasteiger partial charge in [0.15, 0.2) is 0 Å². The van der Waals surface area contributed by atoms with Crippen molar-refractivity contribution in [1.29, 1.82) is 0 Å². The SMILES string of the molecule is CCC(CNC)(c1ccccc1)C1CCC1. The maximum atomic E-state index is 3.41. The van der Waals surface area contributed by atoms with Crippen LogP contribution in [0.15, 0.2) is 30.3 Å². The van der Waals surface area contributed by atoms with Gasteiger partial charge >= 0.3 is 0 Å². The summed E-state index contributed by atoms with van der Waals surface area (Å²) in [5, 5.41) is 3.41. The van der Waals surface area contributed by atoms with Crippen molar-refractivity contribution < 1.29 is 0 Å². The summed E-state index contributed by atoms with van der Waals surface area (Å²) in [4.78, 5) is 0. The average Bonchev–Trinajstić information content (AvgIpc) is 2.27. The van der Waals surface area contributed by atoms with E-state index in [0.29, 0.717) is 5.41 Å². The van der Waals surface area contributed by atoms with Crippen LogP contribution < -0.4 is 5.32 Å². The summed E-state index contributed by atoms with van der Waals surface area (Å²) in [5.41, 5.74) is 1.89. The van der Waals surface area contributed by atoms with E-state index in [4.69, 9.17) is 0 Å². The second-order valence-corrected chi connectivity index (χ2v) is 5.03. The van der Waals surface area contributed by atoms with Crippen LogP contribution in [-0.4, -0.2) is 13.6 Å². The first kappa shape index (κ1) is 11.7. The van der Waals surface area contributed by atoms with E-state index in [2.05, 4.69) is 49.6 Å². The summed E-state index contributed by atoms with van der Waals surface area (Å²) >= 11 is 0. The van der Waals surface area contributed by atoms with Gasteiger partial charge in [-0.2, -0.15) is 0 Å². The Bertz CT molecular complexity index is 315. The Morgan fingerprint density at radius 2 is 1.94 bits per heavy atom. The molecule has 0 aromatic heterocycles. The first-order chi connectivity index (χ1) is 7.83. The van der Waals surface area contributed by atoms with Gasteiger partial charge in [0.2, 0.25) is 0 Å². The Labute approximate surface area is 99.3 Å². The van der Waals surface area contributed by atoms with Crippen molar-refractivity contribution in [3.63, 3.8) is 0 Å². The normalized spacial score (nSPS) is 20.1. The summed E-state index contributed by atoms with van der Waals surface area (Å²) in [6, 6.07) is 11.1. The third-order valence-corrected chi connectivity index (χ3v) is 4.36. The zero-order valence-corrected chi connectivity index (χ0v) is 10.5. The van der Waals surface area contributed by atoms with E-state index in [0.717, 1.165) is 12.5 Å². The molecule has 1 nitrogen and oxygen atoms in total. The monoisotopic (exact) mass is 217 g/mol. The lowest BCUT2D eigenvalue weighted by Gasteiger charge is -2.45. The van der Waals surface area contributed by atoms with Gasteiger partial charge in [-0.25, -0.2) is 0 Å². The lowest BCUT2D eigenvalue weighted by atomic mass is 9.60. The van der Waals surface area contributed by atoms with Crippen LogP contribution >= 0.6 is 0 Å². The standard InChI is InChI=1S/C15H23N/c1-3-15(12-16-2,14-10-7-11-14)13-8-5-4-6-9-13/h4-6,8-9,14,16H,3,7,10-12H2,1-2H3. The van der Waals surface area contributed by atoms with Crippen LogP contribution in [0.2, 0.25) is 0 Å². The second-order valence-electron chi connectivity index (χ2n) is 5.03. The predicted molar refractivity (Wildman–Crippen MR) is 69.7 cm³/mol. The van der Waals surface area contributed by atoms with E-state index in [1.165, 1.54) is 31.2 Å². The summed E-state index contributed by atoms with van der Waals surface area (Å²) in [5.74, 6) is 0.882. The van der Waals surface area contributed by atoms with Crippen LogP contribution in [0.3, 0.4) is 0 Å². The molecule has 88 valence electrons. The van der Waals surface area contributed by atoms with Crippen LogP contribution in [0.1, 0.15) is 38.2 Å². The number of rotatable bonds is 5. The van der Waals surface area contributed by atoms with Gasteiger partial charge in [0.1, 0.15) is 0 Å². The molecule has 2 rings (SSSR count). The molecule has 0 amide bonds. The number of nitrogens with one attached hydrogen (secondary N) is 1. The molecule has 1 unspecified atom stereocenters. The smallest absolute Gasteiger partial charge is 0.0103 e. The van der Waals surface area contributed by atoms with Crippen molar-refractivity contribution in [3.05, 3.63) is 35.9 Å². The minimum absolute atomic E-state index is 0.369. The quantitative estimate of drug-likeness (QED) is 0.797. The first-order valence-corrected chi connectivity index (χ1v) is 6.53. The van der Waals surface area contributed by atoms with E-state index in [-0.39, 0.29) is 0 Å². The predicted octanol–water partition coefficient (Wildman–Crippen LogP) is 3.35. The summed E-state index contributed by atoms with van der Waals surface area (Å²) in [6.45, 7) is 3.45. The molecule has 1 aliphatic rings. The molecule has 0 spiro atoms. The number of hydrogen-bond donors (Lipinski definition) is 1. The fourth-order valence-electron chi connectivity index (χ4n) is 3.15. The lowest BCUT2D eigenvalue weighted by Crippen LogP contribution is -2.45. The van der Waals surface area contributed by atoms with Crippen molar-refractivity contribution in [2.24, 2.45) is 5.92 Å². The Kier molecular flexibility index (Phi) is 3.65. The highest BCUT2D eigenvalue weighted by Crippen LogP contribution is 2.45. The Morgan fingerprint density at radius 1 is 1.25 bits per heavy atom. The largest absolute Gasteiger partial charge is 0.319 e. The number of hydrogen-bond acceptors (Lipinski definition) is 1. The van der Waals surface area contributed by atoms with Gasteiger partial charge in [-0.3, -0.25) is 0 Å². The van der Waals surface area contributed by atoms with Crippen LogP contribution in [0, 0.1) is 5.92 Å². The Hall–Kier alpha value is -0.820. The van der Waals surface area contributed by atoms with Crippen molar-refractivity contribution >= 4 is 0 Å². The summed E-state index contributed by atoms with van der Waals surface area (Å²) < 4.78 is 0.